The predicted octanol–water partition coefficient (Wildman–Crippen LogP) is 1.57. The van der Waals surface area contributed by atoms with E-state index in [1.165, 1.54) is 0 Å². The highest BCUT2D eigenvalue weighted by Crippen LogP contribution is 1.93. The van der Waals surface area contributed by atoms with E-state index in [1.807, 2.05) is 27.6 Å². The molecule has 0 amide bonds. The first-order valence-corrected chi connectivity index (χ1v) is 3.43. The van der Waals surface area contributed by atoms with Gasteiger partial charge in [0.2, 0.25) is 0 Å². The molecule has 54 valence electrons. The van der Waals surface area contributed by atoms with E-state index in [0.717, 1.165) is 0 Å². The van der Waals surface area contributed by atoms with Gasteiger partial charge in [-0.1, -0.05) is 0 Å². The second-order valence-corrected chi connectivity index (χ2v) is 2.21. The van der Waals surface area contributed by atoms with Crippen molar-refractivity contribution in [3.63, 3.8) is 0 Å². The van der Waals surface area contributed by atoms with Gasteiger partial charge in [0.15, 0.2) is 0 Å². The first-order chi connectivity index (χ1) is 4.16. The van der Waals surface area contributed by atoms with Crippen LogP contribution in [0.15, 0.2) is 0 Å². The van der Waals surface area contributed by atoms with Gasteiger partial charge in [-0.15, -0.1) is 0 Å². The van der Waals surface area contributed by atoms with Crippen molar-refractivity contribution in [2.45, 2.75) is 33.7 Å². The first kappa shape index (κ1) is 8.98. The third-order valence-corrected chi connectivity index (χ3v) is 0.865. The molecule has 0 aromatic heterocycles. The van der Waals surface area contributed by atoms with Gasteiger partial charge < -0.3 is 9.31 Å². The van der Waals surface area contributed by atoms with Gasteiger partial charge in [-0.2, -0.15) is 0 Å². The molecule has 0 spiro atoms. The maximum Gasteiger partial charge on any atom is 0.453 e. The standard InChI is InChI=1S/C6H15BO2/c1-5-8-7(4)9-6(2)3/h6H,5H2,1-4H3. The van der Waals surface area contributed by atoms with Gasteiger partial charge in [-0.05, 0) is 27.6 Å². The first-order valence-electron chi connectivity index (χ1n) is 3.43. The quantitative estimate of drug-likeness (QED) is 0.537. The minimum Gasteiger partial charge on any atom is -0.412 e. The molecule has 9 heavy (non-hydrogen) atoms. The second-order valence-electron chi connectivity index (χ2n) is 2.21. The molecule has 0 aromatic carbocycles. The van der Waals surface area contributed by atoms with Crippen LogP contribution in [-0.4, -0.2) is 19.8 Å². The molecule has 0 aromatic rings. The van der Waals surface area contributed by atoms with E-state index >= 15 is 0 Å². The molecular formula is C6H15BO2. The van der Waals surface area contributed by atoms with Crippen molar-refractivity contribution in [2.75, 3.05) is 6.61 Å². The third-order valence-electron chi connectivity index (χ3n) is 0.865. The van der Waals surface area contributed by atoms with E-state index in [9.17, 15) is 0 Å². The lowest BCUT2D eigenvalue weighted by molar-refractivity contribution is 0.167. The summed E-state index contributed by atoms with van der Waals surface area (Å²) in [4.78, 5) is 0. The lowest BCUT2D eigenvalue weighted by atomic mass is 9.95. The van der Waals surface area contributed by atoms with E-state index < -0.39 is 0 Å². The summed E-state index contributed by atoms with van der Waals surface area (Å²) in [5.41, 5.74) is 0. The van der Waals surface area contributed by atoms with Gasteiger partial charge in [-0.25, -0.2) is 0 Å². The number of rotatable bonds is 4. The highest BCUT2D eigenvalue weighted by molar-refractivity contribution is 6.42. The zero-order chi connectivity index (χ0) is 7.28. The van der Waals surface area contributed by atoms with Crippen LogP contribution in [0.2, 0.25) is 6.82 Å². The zero-order valence-electron chi connectivity index (χ0n) is 6.68. The fourth-order valence-corrected chi connectivity index (χ4v) is 0.657. The molecule has 0 fully saturated rings. The SMILES string of the molecule is CCOB(C)OC(C)C. The molecule has 0 N–H and O–H groups in total. The molecule has 0 heterocycles. The van der Waals surface area contributed by atoms with Crippen LogP contribution in [-0.2, 0) is 9.31 Å². The van der Waals surface area contributed by atoms with E-state index in [1.54, 1.807) is 0 Å². The Kier molecular flexibility index (Phi) is 4.82. The maximum atomic E-state index is 5.27. The summed E-state index contributed by atoms with van der Waals surface area (Å²) in [6.45, 7) is 8.57. The average Bonchev–Trinajstić information content (AvgIpc) is 1.63. The zero-order valence-corrected chi connectivity index (χ0v) is 6.68. The molecule has 3 heteroatoms. The molecule has 2 nitrogen and oxygen atoms in total. The Labute approximate surface area is 57.7 Å². The molecule has 0 rings (SSSR count). The molecule has 0 unspecified atom stereocenters. The summed E-state index contributed by atoms with van der Waals surface area (Å²) in [5.74, 6) is 0. The molecular weight excluding hydrogens is 115 g/mol. The summed E-state index contributed by atoms with van der Waals surface area (Å²) >= 11 is 0. The van der Waals surface area contributed by atoms with Crippen LogP contribution in [0.4, 0.5) is 0 Å². The molecule has 0 radical (unpaired) electrons. The van der Waals surface area contributed by atoms with Crippen molar-refractivity contribution in [3.05, 3.63) is 0 Å². The van der Waals surface area contributed by atoms with E-state index in [0.29, 0.717) is 6.61 Å². The van der Waals surface area contributed by atoms with Crippen molar-refractivity contribution in [1.82, 2.24) is 0 Å². The van der Waals surface area contributed by atoms with Crippen LogP contribution in [0.25, 0.3) is 0 Å². The topological polar surface area (TPSA) is 18.5 Å². The van der Waals surface area contributed by atoms with Crippen LogP contribution in [0.5, 0.6) is 0 Å². The average molecular weight is 130 g/mol. The molecule has 0 saturated heterocycles. The molecule has 0 atom stereocenters. The fourth-order valence-electron chi connectivity index (χ4n) is 0.657. The highest BCUT2D eigenvalue weighted by Gasteiger charge is 2.09. The van der Waals surface area contributed by atoms with Crippen molar-refractivity contribution in [2.24, 2.45) is 0 Å². The Balaban J connectivity index is 3.15. The summed E-state index contributed by atoms with van der Waals surface area (Å²) in [7, 11) is -0.0602. The predicted molar refractivity (Wildman–Crippen MR) is 39.5 cm³/mol. The van der Waals surface area contributed by atoms with Crippen LogP contribution >= 0.6 is 0 Å². The second kappa shape index (κ2) is 4.83. The van der Waals surface area contributed by atoms with Gasteiger partial charge in [0.1, 0.15) is 0 Å². The third kappa shape index (κ3) is 5.86. The van der Waals surface area contributed by atoms with Crippen molar-refractivity contribution in [3.8, 4) is 0 Å². The van der Waals surface area contributed by atoms with Gasteiger partial charge in [-0.3, -0.25) is 0 Å². The summed E-state index contributed by atoms with van der Waals surface area (Å²) in [6.07, 6.45) is 0.256. The Hall–Kier alpha value is -0.0151. The lowest BCUT2D eigenvalue weighted by Crippen LogP contribution is -2.22. The smallest absolute Gasteiger partial charge is 0.412 e. The molecule has 0 aliphatic heterocycles. The van der Waals surface area contributed by atoms with Gasteiger partial charge in [0, 0.05) is 12.7 Å². The summed E-state index contributed by atoms with van der Waals surface area (Å²) in [5, 5.41) is 0. The Morgan fingerprint density at radius 3 is 2.33 bits per heavy atom. The Morgan fingerprint density at radius 1 is 1.44 bits per heavy atom. The normalized spacial score (nSPS) is 10.3. The molecule has 0 aliphatic rings. The van der Waals surface area contributed by atoms with E-state index in [2.05, 4.69) is 0 Å². The van der Waals surface area contributed by atoms with Crippen LogP contribution in [0.3, 0.4) is 0 Å². The van der Waals surface area contributed by atoms with Crippen LogP contribution in [0.1, 0.15) is 20.8 Å². The number of hydrogen-bond donors (Lipinski definition) is 0. The molecule has 0 bridgehead atoms. The summed E-state index contributed by atoms with van der Waals surface area (Å²) < 4.78 is 10.4. The molecule has 0 aliphatic carbocycles. The number of hydrogen-bond acceptors (Lipinski definition) is 2. The minimum atomic E-state index is -0.0602. The fraction of sp³-hybridized carbons (Fsp3) is 1.00. The lowest BCUT2D eigenvalue weighted by Gasteiger charge is -2.11. The molecule has 0 saturated carbocycles. The van der Waals surface area contributed by atoms with Crippen molar-refractivity contribution >= 4 is 7.12 Å². The van der Waals surface area contributed by atoms with Gasteiger partial charge >= 0.3 is 7.12 Å². The largest absolute Gasteiger partial charge is 0.453 e. The summed E-state index contributed by atoms with van der Waals surface area (Å²) in [6, 6.07) is 0. The van der Waals surface area contributed by atoms with Gasteiger partial charge in [0.25, 0.3) is 0 Å². The van der Waals surface area contributed by atoms with E-state index in [-0.39, 0.29) is 13.2 Å². The van der Waals surface area contributed by atoms with E-state index in [4.69, 9.17) is 9.31 Å². The minimum absolute atomic E-state index is 0.0602. The van der Waals surface area contributed by atoms with Crippen molar-refractivity contribution < 1.29 is 9.31 Å². The van der Waals surface area contributed by atoms with Crippen LogP contribution in [0, 0.1) is 0 Å². The Bertz CT molecular complexity index is 66.1. The Morgan fingerprint density at radius 2 is 2.00 bits per heavy atom. The van der Waals surface area contributed by atoms with Crippen LogP contribution < -0.4 is 0 Å². The van der Waals surface area contributed by atoms with Gasteiger partial charge in [0.05, 0.1) is 0 Å². The maximum absolute atomic E-state index is 5.27. The highest BCUT2D eigenvalue weighted by atomic mass is 16.6. The van der Waals surface area contributed by atoms with Crippen molar-refractivity contribution in [1.29, 1.82) is 0 Å². The monoisotopic (exact) mass is 130 g/mol.